The number of aliphatic hydroxyl groups excluding tert-OH is 1. The van der Waals surface area contributed by atoms with E-state index in [1.807, 2.05) is 0 Å². The Kier molecular flexibility index (Phi) is 4.31. The molecule has 5 nitrogen and oxygen atoms in total. The van der Waals surface area contributed by atoms with Gasteiger partial charge in [0.15, 0.2) is 0 Å². The monoisotopic (exact) mass is 276 g/mol. The number of aliphatic hydroxyl groups is 1. The molecule has 102 valence electrons. The van der Waals surface area contributed by atoms with Crippen LogP contribution in [0.2, 0.25) is 0 Å². The van der Waals surface area contributed by atoms with E-state index < -0.39 is 21.4 Å². The molecule has 4 N–H and O–H groups in total. The van der Waals surface area contributed by atoms with Gasteiger partial charge in [-0.1, -0.05) is 0 Å². The number of hydrogen-bond donors (Lipinski definition) is 3. The van der Waals surface area contributed by atoms with Gasteiger partial charge < -0.3 is 10.8 Å². The van der Waals surface area contributed by atoms with Crippen LogP contribution in [0.5, 0.6) is 0 Å². The number of rotatable bonds is 5. The van der Waals surface area contributed by atoms with Gasteiger partial charge in [0.05, 0.1) is 4.90 Å². The van der Waals surface area contributed by atoms with Crippen molar-refractivity contribution in [3.05, 3.63) is 24.0 Å². The van der Waals surface area contributed by atoms with Gasteiger partial charge in [0.25, 0.3) is 0 Å². The van der Waals surface area contributed by atoms with Crippen molar-refractivity contribution in [1.29, 1.82) is 0 Å². The lowest BCUT2D eigenvalue weighted by Crippen LogP contribution is -2.43. The van der Waals surface area contributed by atoms with E-state index in [0.29, 0.717) is 0 Å². The highest BCUT2D eigenvalue weighted by Crippen LogP contribution is 2.19. The van der Waals surface area contributed by atoms with Crippen molar-refractivity contribution in [1.82, 2.24) is 4.72 Å². The van der Waals surface area contributed by atoms with Crippen LogP contribution in [0.3, 0.4) is 0 Å². The van der Waals surface area contributed by atoms with Crippen molar-refractivity contribution in [3.8, 4) is 0 Å². The molecule has 0 unspecified atom stereocenters. The summed E-state index contributed by atoms with van der Waals surface area (Å²) in [6, 6.07) is 3.12. The normalized spacial score (nSPS) is 12.7. The zero-order chi connectivity index (χ0) is 14.0. The van der Waals surface area contributed by atoms with Crippen molar-refractivity contribution >= 4 is 15.7 Å². The van der Waals surface area contributed by atoms with Crippen LogP contribution in [-0.4, -0.2) is 25.7 Å². The second-order valence-electron chi connectivity index (χ2n) is 4.68. The van der Waals surface area contributed by atoms with E-state index in [2.05, 4.69) is 4.72 Å². The molecule has 18 heavy (non-hydrogen) atoms. The molecule has 7 heteroatoms. The maximum absolute atomic E-state index is 13.1. The molecule has 0 bridgehead atoms. The molecule has 0 heterocycles. The molecule has 0 saturated carbocycles. The Labute approximate surface area is 106 Å². The molecule has 1 rings (SSSR count). The van der Waals surface area contributed by atoms with Gasteiger partial charge in [-0.15, -0.1) is 0 Å². The largest absolute Gasteiger partial charge is 0.399 e. The predicted octanol–water partition coefficient (Wildman–Crippen LogP) is 0.847. The minimum atomic E-state index is -3.87. The summed E-state index contributed by atoms with van der Waals surface area (Å²) < 4.78 is 39.5. The number of nitrogen functional groups attached to an aromatic ring is 1. The van der Waals surface area contributed by atoms with Gasteiger partial charge in [0.2, 0.25) is 10.0 Å². The molecule has 0 atom stereocenters. The molecule has 0 spiro atoms. The highest BCUT2D eigenvalue weighted by molar-refractivity contribution is 7.89. The first kappa shape index (κ1) is 14.9. The van der Waals surface area contributed by atoms with Gasteiger partial charge in [0, 0.05) is 17.8 Å². The maximum atomic E-state index is 13.1. The van der Waals surface area contributed by atoms with Gasteiger partial charge in [-0.2, -0.15) is 0 Å². The zero-order valence-corrected chi connectivity index (χ0v) is 11.1. The summed E-state index contributed by atoms with van der Waals surface area (Å²) >= 11 is 0. The molecule has 0 fully saturated rings. The summed E-state index contributed by atoms with van der Waals surface area (Å²) in [4.78, 5) is -0.231. The molecule has 0 aliphatic heterocycles. The van der Waals surface area contributed by atoms with Crippen LogP contribution < -0.4 is 10.5 Å². The molecule has 0 aliphatic carbocycles. The molecular weight excluding hydrogens is 259 g/mol. The molecule has 1 aromatic carbocycles. The summed E-state index contributed by atoms with van der Waals surface area (Å²) in [5.74, 6) is -0.713. The summed E-state index contributed by atoms with van der Waals surface area (Å²) in [5, 5.41) is 8.84. The fraction of sp³-hybridized carbons (Fsp3) is 0.455. The minimum absolute atomic E-state index is 0.0374. The molecular formula is C11H17FN2O3S. The van der Waals surface area contributed by atoms with Gasteiger partial charge in [0.1, 0.15) is 5.82 Å². The quantitative estimate of drug-likeness (QED) is 0.695. The van der Waals surface area contributed by atoms with E-state index in [0.717, 1.165) is 12.1 Å². The molecule has 0 aromatic heterocycles. The lowest BCUT2D eigenvalue weighted by molar-refractivity contribution is 0.245. The van der Waals surface area contributed by atoms with Gasteiger partial charge in [-0.05, 0) is 38.5 Å². The fourth-order valence-corrected chi connectivity index (χ4v) is 3.00. The highest BCUT2D eigenvalue weighted by atomic mass is 32.2. The van der Waals surface area contributed by atoms with E-state index in [9.17, 15) is 12.8 Å². The third-order valence-corrected chi connectivity index (χ3v) is 4.03. The Morgan fingerprint density at radius 2 is 2.00 bits per heavy atom. The molecule has 1 aromatic rings. The van der Waals surface area contributed by atoms with Gasteiger partial charge >= 0.3 is 0 Å². The lowest BCUT2D eigenvalue weighted by Gasteiger charge is -2.25. The standard InChI is InChI=1S/C11H17FN2O3S/c1-11(2,3-4-15)14-18(16,17)10-6-8(12)5-9(13)7-10/h5-7,14-15H,3-4,13H2,1-2H3. The second kappa shape index (κ2) is 5.21. The molecule has 0 radical (unpaired) electrons. The fourth-order valence-electron chi connectivity index (χ4n) is 1.49. The predicted molar refractivity (Wildman–Crippen MR) is 66.9 cm³/mol. The summed E-state index contributed by atoms with van der Waals surface area (Å²) in [6.07, 6.45) is 0.247. The van der Waals surface area contributed by atoms with Crippen LogP contribution in [0.4, 0.5) is 10.1 Å². The molecule has 0 aliphatic rings. The summed E-state index contributed by atoms with van der Waals surface area (Å²) in [5.41, 5.74) is 4.62. The van der Waals surface area contributed by atoms with E-state index in [4.69, 9.17) is 10.8 Å². The first-order valence-electron chi connectivity index (χ1n) is 5.37. The van der Waals surface area contributed by atoms with Crippen molar-refractivity contribution in [2.75, 3.05) is 12.3 Å². The first-order valence-corrected chi connectivity index (χ1v) is 6.85. The summed E-state index contributed by atoms with van der Waals surface area (Å²) in [7, 11) is -3.87. The third kappa shape index (κ3) is 3.94. The van der Waals surface area contributed by atoms with E-state index in [-0.39, 0.29) is 23.6 Å². The number of halogens is 1. The molecule has 0 amide bonds. The van der Waals surface area contributed by atoms with Crippen LogP contribution in [0.25, 0.3) is 0 Å². The second-order valence-corrected chi connectivity index (χ2v) is 6.37. The van der Waals surface area contributed by atoms with E-state index >= 15 is 0 Å². The number of nitrogens with one attached hydrogen (secondary N) is 1. The summed E-state index contributed by atoms with van der Waals surface area (Å²) in [6.45, 7) is 3.10. The Morgan fingerprint density at radius 1 is 1.39 bits per heavy atom. The number of hydrogen-bond acceptors (Lipinski definition) is 4. The van der Waals surface area contributed by atoms with E-state index in [1.54, 1.807) is 13.8 Å². The number of benzene rings is 1. The third-order valence-electron chi connectivity index (χ3n) is 2.35. The van der Waals surface area contributed by atoms with Crippen LogP contribution in [0, 0.1) is 5.82 Å². The highest BCUT2D eigenvalue weighted by Gasteiger charge is 2.26. The number of sulfonamides is 1. The lowest BCUT2D eigenvalue weighted by atomic mass is 10.0. The Hall–Kier alpha value is -1.18. The average Bonchev–Trinajstić information content (AvgIpc) is 2.13. The van der Waals surface area contributed by atoms with Crippen molar-refractivity contribution in [3.63, 3.8) is 0 Å². The average molecular weight is 276 g/mol. The minimum Gasteiger partial charge on any atom is -0.399 e. The molecule has 0 saturated heterocycles. The number of nitrogens with two attached hydrogens (primary N) is 1. The van der Waals surface area contributed by atoms with Crippen LogP contribution >= 0.6 is 0 Å². The first-order chi connectivity index (χ1) is 8.16. The smallest absolute Gasteiger partial charge is 0.241 e. The SMILES string of the molecule is CC(C)(CCO)NS(=O)(=O)c1cc(N)cc(F)c1. The Morgan fingerprint density at radius 3 is 2.50 bits per heavy atom. The van der Waals surface area contributed by atoms with Crippen molar-refractivity contribution < 1.29 is 17.9 Å². The van der Waals surface area contributed by atoms with Crippen LogP contribution in [0.15, 0.2) is 23.1 Å². The van der Waals surface area contributed by atoms with Crippen molar-refractivity contribution in [2.45, 2.75) is 30.7 Å². The maximum Gasteiger partial charge on any atom is 0.241 e. The number of anilines is 1. The van der Waals surface area contributed by atoms with Crippen molar-refractivity contribution in [2.24, 2.45) is 0 Å². The van der Waals surface area contributed by atoms with Crippen LogP contribution in [-0.2, 0) is 10.0 Å². The van der Waals surface area contributed by atoms with Crippen LogP contribution in [0.1, 0.15) is 20.3 Å². The van der Waals surface area contributed by atoms with Gasteiger partial charge in [-0.25, -0.2) is 17.5 Å². The van der Waals surface area contributed by atoms with E-state index in [1.165, 1.54) is 6.07 Å². The zero-order valence-electron chi connectivity index (χ0n) is 10.3. The Bertz CT molecular complexity index is 509. The topological polar surface area (TPSA) is 92.4 Å². The van der Waals surface area contributed by atoms with Gasteiger partial charge in [-0.3, -0.25) is 0 Å². The Balaban J connectivity index is 3.07.